The number of hydrogen-bond acceptors (Lipinski definition) is 6. The number of aromatic carboxylic acids is 1. The number of fused-ring (bicyclic) bond motifs is 1. The van der Waals surface area contributed by atoms with Crippen molar-refractivity contribution in [2.24, 2.45) is 7.05 Å². The van der Waals surface area contributed by atoms with Crippen LogP contribution >= 0.6 is 11.8 Å². The quantitative estimate of drug-likeness (QED) is 0.779. The van der Waals surface area contributed by atoms with Crippen LogP contribution in [0, 0.1) is 0 Å². The number of pyridine rings is 1. The van der Waals surface area contributed by atoms with Gasteiger partial charge in [0, 0.05) is 18.1 Å². The normalized spacial score (nSPS) is 11.0. The minimum Gasteiger partial charge on any atom is -0.478 e. The molecule has 7 nitrogen and oxygen atoms in total. The smallest absolute Gasteiger partial charge is 0.338 e. The van der Waals surface area contributed by atoms with E-state index in [9.17, 15) is 9.90 Å². The first kappa shape index (κ1) is 11.7. The molecule has 0 unspecified atom stereocenters. The Bertz CT molecular complexity index is 751. The summed E-state index contributed by atoms with van der Waals surface area (Å²) in [5, 5.41) is 14.3. The van der Waals surface area contributed by atoms with Gasteiger partial charge in [-0.3, -0.25) is 4.68 Å². The van der Waals surface area contributed by atoms with E-state index in [1.54, 1.807) is 17.9 Å². The highest BCUT2D eigenvalue weighted by Gasteiger charge is 2.19. The Hall–Kier alpha value is -2.35. The van der Waals surface area contributed by atoms with Crippen molar-refractivity contribution in [3.8, 4) is 0 Å². The summed E-state index contributed by atoms with van der Waals surface area (Å²) in [5.74, 6) is -1.05. The molecule has 0 radical (unpaired) electrons. The molecule has 0 aliphatic carbocycles. The molecule has 0 aromatic carbocycles. The molecule has 3 rings (SSSR count). The van der Waals surface area contributed by atoms with Gasteiger partial charge in [0.05, 0.1) is 23.3 Å². The Morgan fingerprint density at radius 3 is 2.95 bits per heavy atom. The zero-order chi connectivity index (χ0) is 13.4. The molecule has 0 saturated carbocycles. The number of aromatic nitrogens is 4. The second-order valence-corrected chi connectivity index (χ2v) is 4.67. The van der Waals surface area contributed by atoms with E-state index in [1.807, 2.05) is 0 Å². The maximum absolute atomic E-state index is 11.3. The van der Waals surface area contributed by atoms with Crippen molar-refractivity contribution < 1.29 is 14.3 Å². The summed E-state index contributed by atoms with van der Waals surface area (Å²) in [6.45, 7) is 0. The van der Waals surface area contributed by atoms with Gasteiger partial charge in [-0.2, -0.15) is 5.10 Å². The Labute approximate surface area is 111 Å². The average Bonchev–Trinajstić information content (AvgIpc) is 3.00. The van der Waals surface area contributed by atoms with Crippen molar-refractivity contribution in [3.05, 3.63) is 30.4 Å². The van der Waals surface area contributed by atoms with Crippen molar-refractivity contribution in [1.29, 1.82) is 0 Å². The Morgan fingerprint density at radius 1 is 1.42 bits per heavy atom. The minimum absolute atomic E-state index is 0.101. The first-order valence-corrected chi connectivity index (χ1v) is 6.10. The van der Waals surface area contributed by atoms with Gasteiger partial charge in [-0.25, -0.2) is 14.8 Å². The van der Waals surface area contributed by atoms with E-state index >= 15 is 0 Å². The number of aryl methyl sites for hydroxylation is 1. The second kappa shape index (κ2) is 4.39. The molecule has 3 heterocycles. The molecule has 1 N–H and O–H groups in total. The fourth-order valence-electron chi connectivity index (χ4n) is 1.68. The minimum atomic E-state index is -1.05. The van der Waals surface area contributed by atoms with Crippen LogP contribution in [0.4, 0.5) is 0 Å². The largest absolute Gasteiger partial charge is 0.478 e. The number of hydrogen-bond donors (Lipinski definition) is 1. The number of carbonyl (C=O) groups is 1. The summed E-state index contributed by atoms with van der Waals surface area (Å²) >= 11 is 1.14. The van der Waals surface area contributed by atoms with Crippen LogP contribution in [0.3, 0.4) is 0 Å². The summed E-state index contributed by atoms with van der Waals surface area (Å²) in [6, 6.07) is 0. The molecular weight excluding hydrogens is 268 g/mol. The molecule has 0 atom stereocenters. The van der Waals surface area contributed by atoms with Gasteiger partial charge < -0.3 is 9.52 Å². The summed E-state index contributed by atoms with van der Waals surface area (Å²) in [6.07, 6.45) is 5.84. The van der Waals surface area contributed by atoms with Crippen molar-refractivity contribution in [3.63, 3.8) is 0 Å². The Morgan fingerprint density at radius 2 is 2.26 bits per heavy atom. The zero-order valence-electron chi connectivity index (χ0n) is 9.77. The highest BCUT2D eigenvalue weighted by atomic mass is 32.2. The lowest BCUT2D eigenvalue weighted by Crippen LogP contribution is -2.01. The summed E-state index contributed by atoms with van der Waals surface area (Å²) < 4.78 is 6.72. The fraction of sp³-hybridized carbons (Fsp3) is 0.0909. The van der Waals surface area contributed by atoms with Gasteiger partial charge in [-0.15, -0.1) is 0 Å². The van der Waals surface area contributed by atoms with E-state index in [0.717, 1.165) is 11.8 Å². The van der Waals surface area contributed by atoms with E-state index in [1.165, 1.54) is 18.7 Å². The van der Waals surface area contributed by atoms with Crippen LogP contribution in [-0.4, -0.2) is 30.8 Å². The molecule has 0 amide bonds. The number of carboxylic acids is 1. The predicted octanol–water partition coefficient (Wildman–Crippen LogP) is 1.81. The molecule has 3 aromatic heterocycles. The van der Waals surface area contributed by atoms with E-state index in [4.69, 9.17) is 4.42 Å². The topological polar surface area (TPSA) is 94.0 Å². The molecule has 0 aliphatic rings. The van der Waals surface area contributed by atoms with Crippen molar-refractivity contribution in [2.75, 3.05) is 0 Å². The third kappa shape index (κ3) is 1.95. The number of oxazole rings is 1. The molecule has 0 fully saturated rings. The lowest BCUT2D eigenvalue weighted by atomic mass is 10.2. The van der Waals surface area contributed by atoms with Crippen molar-refractivity contribution >= 4 is 28.8 Å². The van der Waals surface area contributed by atoms with Gasteiger partial charge >= 0.3 is 5.97 Å². The maximum atomic E-state index is 11.3. The van der Waals surface area contributed by atoms with E-state index in [-0.39, 0.29) is 5.56 Å². The van der Waals surface area contributed by atoms with Crippen molar-refractivity contribution in [2.45, 2.75) is 10.1 Å². The molecule has 0 aliphatic heterocycles. The monoisotopic (exact) mass is 276 g/mol. The van der Waals surface area contributed by atoms with Gasteiger partial charge in [0.15, 0.2) is 5.65 Å². The van der Waals surface area contributed by atoms with Gasteiger partial charge in [0.25, 0.3) is 5.22 Å². The standard InChI is InChI=1S/C11H8N4O3S/c1-15-9-6(5-14-15)8(7(4-13-9)10(16)17)19-11-12-2-3-18-11/h2-5H,1H3,(H,16,17). The summed E-state index contributed by atoms with van der Waals surface area (Å²) in [7, 11) is 1.75. The molecule has 96 valence electrons. The lowest BCUT2D eigenvalue weighted by Gasteiger charge is -2.04. The van der Waals surface area contributed by atoms with Gasteiger partial charge in [-0.05, 0) is 11.8 Å². The number of carboxylic acid groups (broad SMARTS) is 1. The molecule has 0 spiro atoms. The highest BCUT2D eigenvalue weighted by Crippen LogP contribution is 2.34. The van der Waals surface area contributed by atoms with E-state index < -0.39 is 5.97 Å². The van der Waals surface area contributed by atoms with Crippen LogP contribution in [0.15, 0.2) is 39.4 Å². The third-order valence-corrected chi connectivity index (χ3v) is 3.56. The molecule has 0 saturated heterocycles. The SMILES string of the molecule is Cn1ncc2c(Sc3ncco3)c(C(=O)O)cnc21. The summed E-state index contributed by atoms with van der Waals surface area (Å²) in [5.41, 5.74) is 0.711. The third-order valence-electron chi connectivity index (χ3n) is 2.54. The molecular formula is C11H8N4O3S. The average molecular weight is 276 g/mol. The highest BCUT2D eigenvalue weighted by molar-refractivity contribution is 7.99. The maximum Gasteiger partial charge on any atom is 0.338 e. The molecule has 8 heteroatoms. The molecule has 3 aromatic rings. The molecule has 19 heavy (non-hydrogen) atoms. The van der Waals surface area contributed by atoms with Crippen molar-refractivity contribution in [1.82, 2.24) is 19.7 Å². The van der Waals surface area contributed by atoms with Crippen LogP contribution in [-0.2, 0) is 7.05 Å². The Kier molecular flexibility index (Phi) is 2.71. The summed E-state index contributed by atoms with van der Waals surface area (Å²) in [4.78, 5) is 19.9. The first-order chi connectivity index (χ1) is 9.16. The van der Waals surface area contributed by atoms with Gasteiger partial charge in [0.2, 0.25) is 0 Å². The van der Waals surface area contributed by atoms with Crippen LogP contribution in [0.2, 0.25) is 0 Å². The van der Waals surface area contributed by atoms with E-state index in [0.29, 0.717) is 21.2 Å². The first-order valence-electron chi connectivity index (χ1n) is 5.28. The number of nitrogens with zero attached hydrogens (tertiary/aromatic N) is 4. The van der Waals surface area contributed by atoms with Crippen LogP contribution in [0.25, 0.3) is 11.0 Å². The zero-order valence-corrected chi connectivity index (χ0v) is 10.6. The second-order valence-electron chi connectivity index (χ2n) is 3.71. The van der Waals surface area contributed by atoms with Gasteiger partial charge in [0.1, 0.15) is 6.26 Å². The molecule has 0 bridgehead atoms. The van der Waals surface area contributed by atoms with Gasteiger partial charge in [-0.1, -0.05) is 0 Å². The van der Waals surface area contributed by atoms with Crippen LogP contribution < -0.4 is 0 Å². The predicted molar refractivity (Wildman–Crippen MR) is 66.1 cm³/mol. The van der Waals surface area contributed by atoms with Crippen LogP contribution in [0.1, 0.15) is 10.4 Å². The van der Waals surface area contributed by atoms with Crippen LogP contribution in [0.5, 0.6) is 0 Å². The lowest BCUT2D eigenvalue weighted by molar-refractivity contribution is 0.0693. The van der Waals surface area contributed by atoms with E-state index in [2.05, 4.69) is 15.1 Å². The number of rotatable bonds is 3. The Balaban J connectivity index is 2.22. The fourth-order valence-corrected chi connectivity index (χ4v) is 2.58.